The lowest BCUT2D eigenvalue weighted by Crippen LogP contribution is -2.39. The molecule has 2 amide bonds. The van der Waals surface area contributed by atoms with Crippen LogP contribution in [-0.4, -0.2) is 28.6 Å². The highest BCUT2D eigenvalue weighted by Gasteiger charge is 2.22. The summed E-state index contributed by atoms with van der Waals surface area (Å²) < 4.78 is 0. The summed E-state index contributed by atoms with van der Waals surface area (Å²) in [5.74, 6) is -0.265. The first-order valence-corrected chi connectivity index (χ1v) is 3.25. The third kappa shape index (κ3) is 1.26. The Bertz CT molecular complexity index is 166. The number of carbonyl (C=O) groups excluding carboxylic acids is 1. The minimum atomic E-state index is -1.12. The highest BCUT2D eigenvalue weighted by molar-refractivity contribution is 5.91. The molecule has 4 heteroatoms. The summed E-state index contributed by atoms with van der Waals surface area (Å²) >= 11 is 0. The maximum Gasteiger partial charge on any atom is 0.414 e. The van der Waals surface area contributed by atoms with Crippen LogP contribution in [0.3, 0.4) is 0 Å². The molecule has 0 spiro atoms. The van der Waals surface area contributed by atoms with E-state index in [1.54, 1.807) is 0 Å². The highest BCUT2D eigenvalue weighted by Crippen LogP contribution is 2.09. The third-order valence-corrected chi connectivity index (χ3v) is 1.55. The molecule has 1 fully saturated rings. The number of piperidine rings is 1. The van der Waals surface area contributed by atoms with Crippen LogP contribution in [0.5, 0.6) is 0 Å². The average Bonchev–Trinajstić information content (AvgIpc) is 1.88. The molecule has 1 rings (SSSR count). The maximum absolute atomic E-state index is 10.8. The minimum Gasteiger partial charge on any atom is -0.465 e. The Kier molecular flexibility index (Phi) is 1.89. The van der Waals surface area contributed by atoms with Gasteiger partial charge in [-0.2, -0.15) is 0 Å². The molecule has 1 heterocycles. The molecule has 1 N–H and O–H groups in total. The number of hydrogen-bond donors (Lipinski definition) is 1. The summed E-state index contributed by atoms with van der Waals surface area (Å²) in [6.07, 6.45) is 0.886. The Morgan fingerprint density at radius 3 is 2.60 bits per heavy atom. The van der Waals surface area contributed by atoms with Gasteiger partial charge in [0.2, 0.25) is 5.91 Å². The maximum atomic E-state index is 10.8. The Morgan fingerprint density at radius 2 is 2.20 bits per heavy atom. The van der Waals surface area contributed by atoms with Gasteiger partial charge in [-0.15, -0.1) is 0 Å². The first-order chi connectivity index (χ1) is 4.72. The SMILES string of the molecule is O=C(O)N1CCCCC1=O. The summed E-state index contributed by atoms with van der Waals surface area (Å²) in [5.41, 5.74) is 0. The predicted octanol–water partition coefficient (Wildman–Crippen LogP) is 0.677. The highest BCUT2D eigenvalue weighted by atomic mass is 16.4. The van der Waals surface area contributed by atoms with E-state index in [0.29, 0.717) is 13.0 Å². The van der Waals surface area contributed by atoms with Crippen molar-refractivity contribution >= 4 is 12.0 Å². The number of likely N-dealkylation sites (tertiary alicyclic amines) is 1. The zero-order chi connectivity index (χ0) is 7.56. The van der Waals surface area contributed by atoms with Crippen LogP contribution in [0.4, 0.5) is 4.79 Å². The van der Waals surface area contributed by atoms with Gasteiger partial charge >= 0.3 is 6.09 Å². The van der Waals surface area contributed by atoms with Gasteiger partial charge in [-0.3, -0.25) is 4.79 Å². The van der Waals surface area contributed by atoms with E-state index in [9.17, 15) is 9.59 Å². The number of hydrogen-bond acceptors (Lipinski definition) is 2. The Hall–Kier alpha value is -1.06. The van der Waals surface area contributed by atoms with E-state index < -0.39 is 6.09 Å². The fourth-order valence-electron chi connectivity index (χ4n) is 1.01. The van der Waals surface area contributed by atoms with Crippen LogP contribution in [0.1, 0.15) is 19.3 Å². The summed E-state index contributed by atoms with van der Waals surface area (Å²) in [4.78, 5) is 21.9. The summed E-state index contributed by atoms with van der Waals surface area (Å²) in [5, 5.41) is 8.41. The molecule has 0 aliphatic carbocycles. The monoisotopic (exact) mass is 143 g/mol. The molecule has 1 saturated heterocycles. The molecule has 0 aromatic carbocycles. The van der Waals surface area contributed by atoms with Crippen molar-refractivity contribution in [2.24, 2.45) is 0 Å². The fourth-order valence-corrected chi connectivity index (χ4v) is 1.01. The van der Waals surface area contributed by atoms with Crippen LogP contribution < -0.4 is 0 Å². The van der Waals surface area contributed by atoms with Crippen LogP contribution >= 0.6 is 0 Å². The summed E-state index contributed by atoms with van der Waals surface area (Å²) in [6, 6.07) is 0. The normalized spacial score (nSPS) is 19.2. The number of carboxylic acid groups (broad SMARTS) is 1. The molecule has 0 unspecified atom stereocenters. The van der Waals surface area contributed by atoms with Gasteiger partial charge in [-0.25, -0.2) is 9.69 Å². The van der Waals surface area contributed by atoms with Crippen molar-refractivity contribution < 1.29 is 14.7 Å². The van der Waals surface area contributed by atoms with Crippen LogP contribution in [-0.2, 0) is 4.79 Å². The van der Waals surface area contributed by atoms with Gasteiger partial charge in [0, 0.05) is 13.0 Å². The quantitative estimate of drug-likeness (QED) is 0.542. The molecule has 0 saturated carbocycles. The van der Waals surface area contributed by atoms with E-state index in [-0.39, 0.29) is 5.91 Å². The lowest BCUT2D eigenvalue weighted by Gasteiger charge is -2.21. The molecule has 0 atom stereocenters. The van der Waals surface area contributed by atoms with E-state index in [0.717, 1.165) is 17.7 Å². The molecule has 0 aromatic rings. The minimum absolute atomic E-state index is 0.265. The van der Waals surface area contributed by atoms with Crippen molar-refractivity contribution in [3.8, 4) is 0 Å². The van der Waals surface area contributed by atoms with E-state index in [4.69, 9.17) is 5.11 Å². The van der Waals surface area contributed by atoms with Gasteiger partial charge < -0.3 is 5.11 Å². The van der Waals surface area contributed by atoms with Gasteiger partial charge in [0.1, 0.15) is 0 Å². The Morgan fingerprint density at radius 1 is 1.50 bits per heavy atom. The molecule has 4 nitrogen and oxygen atoms in total. The molecule has 56 valence electrons. The molecular weight excluding hydrogens is 134 g/mol. The lowest BCUT2D eigenvalue weighted by atomic mass is 10.1. The molecule has 1 aliphatic heterocycles. The summed E-state index contributed by atoms with van der Waals surface area (Å²) in [6.45, 7) is 0.369. The largest absolute Gasteiger partial charge is 0.465 e. The second kappa shape index (κ2) is 2.68. The number of carbonyl (C=O) groups is 2. The topological polar surface area (TPSA) is 57.6 Å². The zero-order valence-electron chi connectivity index (χ0n) is 5.54. The predicted molar refractivity (Wildman–Crippen MR) is 33.6 cm³/mol. The van der Waals surface area contributed by atoms with Gasteiger partial charge in [0.25, 0.3) is 0 Å². The van der Waals surface area contributed by atoms with E-state index in [1.165, 1.54) is 0 Å². The lowest BCUT2D eigenvalue weighted by molar-refractivity contribution is -0.130. The molecule has 0 bridgehead atoms. The first-order valence-electron chi connectivity index (χ1n) is 3.25. The van der Waals surface area contributed by atoms with Crippen LogP contribution in [0.25, 0.3) is 0 Å². The zero-order valence-corrected chi connectivity index (χ0v) is 5.54. The van der Waals surface area contributed by atoms with Gasteiger partial charge in [0.15, 0.2) is 0 Å². The Labute approximate surface area is 58.4 Å². The number of imide groups is 1. The van der Waals surface area contributed by atoms with Crippen LogP contribution in [0, 0.1) is 0 Å². The number of nitrogens with zero attached hydrogens (tertiary/aromatic N) is 1. The van der Waals surface area contributed by atoms with Crippen molar-refractivity contribution in [3.63, 3.8) is 0 Å². The first kappa shape index (κ1) is 7.05. The van der Waals surface area contributed by atoms with Crippen LogP contribution in [0.15, 0.2) is 0 Å². The van der Waals surface area contributed by atoms with Crippen molar-refractivity contribution in [3.05, 3.63) is 0 Å². The second-order valence-electron chi connectivity index (χ2n) is 2.29. The van der Waals surface area contributed by atoms with Gasteiger partial charge in [0.05, 0.1) is 0 Å². The third-order valence-electron chi connectivity index (χ3n) is 1.55. The molecule has 0 radical (unpaired) electrons. The molecule has 10 heavy (non-hydrogen) atoms. The fraction of sp³-hybridized carbons (Fsp3) is 0.667. The summed E-state index contributed by atoms with van der Waals surface area (Å²) in [7, 11) is 0. The van der Waals surface area contributed by atoms with Crippen molar-refractivity contribution in [2.45, 2.75) is 19.3 Å². The van der Waals surface area contributed by atoms with Crippen molar-refractivity contribution in [2.75, 3.05) is 6.54 Å². The average molecular weight is 143 g/mol. The van der Waals surface area contributed by atoms with Gasteiger partial charge in [-0.1, -0.05) is 0 Å². The van der Waals surface area contributed by atoms with Crippen molar-refractivity contribution in [1.82, 2.24) is 4.90 Å². The smallest absolute Gasteiger partial charge is 0.414 e. The standard InChI is InChI=1S/C6H9NO3/c8-5-3-1-2-4-7(5)6(9)10/h1-4H2,(H,9,10). The van der Waals surface area contributed by atoms with E-state index in [2.05, 4.69) is 0 Å². The van der Waals surface area contributed by atoms with Gasteiger partial charge in [-0.05, 0) is 12.8 Å². The second-order valence-corrected chi connectivity index (χ2v) is 2.29. The molecule has 1 aliphatic rings. The molecule has 0 aromatic heterocycles. The van der Waals surface area contributed by atoms with E-state index in [1.807, 2.05) is 0 Å². The number of rotatable bonds is 0. The van der Waals surface area contributed by atoms with Crippen molar-refractivity contribution in [1.29, 1.82) is 0 Å². The van der Waals surface area contributed by atoms with Crippen LogP contribution in [0.2, 0.25) is 0 Å². The Balaban J connectivity index is 2.56. The molecular formula is C6H9NO3. The number of amides is 2. The van der Waals surface area contributed by atoms with E-state index >= 15 is 0 Å².